The largest absolute Gasteiger partial charge is 0.360 e. The van der Waals surface area contributed by atoms with E-state index in [1.165, 1.54) is 5.69 Å². The van der Waals surface area contributed by atoms with Crippen molar-refractivity contribution in [1.82, 2.24) is 20.0 Å². The number of rotatable bonds is 7. The van der Waals surface area contributed by atoms with Gasteiger partial charge >= 0.3 is 0 Å². The second-order valence-corrected chi connectivity index (χ2v) is 14.3. The Balaban J connectivity index is 0.000000188. The molecule has 2 aromatic heterocycles. The van der Waals surface area contributed by atoms with Crippen molar-refractivity contribution in [2.45, 2.75) is 70.9 Å². The number of aldehydes is 2. The number of hydrogen-bond acceptors (Lipinski definition) is 5. The van der Waals surface area contributed by atoms with Crippen LogP contribution in [0, 0.1) is 0 Å². The van der Waals surface area contributed by atoms with Crippen molar-refractivity contribution in [2.24, 2.45) is 0 Å². The number of ether oxygens (including phenoxy) is 1. The second kappa shape index (κ2) is 8.96. The van der Waals surface area contributed by atoms with E-state index in [-0.39, 0.29) is 0 Å². The predicted molar refractivity (Wildman–Crippen MR) is 110 cm³/mol. The molecule has 0 radical (unpaired) electrons. The van der Waals surface area contributed by atoms with Gasteiger partial charge in [-0.3, -0.25) is 14.7 Å². The van der Waals surface area contributed by atoms with Crippen LogP contribution in [0.4, 0.5) is 0 Å². The minimum atomic E-state index is -1.03. The number of nitrogens with zero attached hydrogens (tertiary/aromatic N) is 3. The van der Waals surface area contributed by atoms with Crippen LogP contribution in [0.3, 0.4) is 0 Å². The van der Waals surface area contributed by atoms with E-state index in [0.717, 1.165) is 80.6 Å². The molecule has 28 heavy (non-hydrogen) atoms. The molecule has 2 aromatic rings. The number of nitrogens with one attached hydrogen (secondary N) is 1. The van der Waals surface area contributed by atoms with Gasteiger partial charge in [-0.15, -0.1) is 0 Å². The van der Waals surface area contributed by atoms with Crippen molar-refractivity contribution in [3.8, 4) is 0 Å². The Morgan fingerprint density at radius 2 is 1.75 bits per heavy atom. The van der Waals surface area contributed by atoms with E-state index in [0.29, 0.717) is 18.1 Å². The minimum Gasteiger partial charge on any atom is -0.360 e. The summed E-state index contributed by atoms with van der Waals surface area (Å²) in [6.07, 6.45) is 8.04. The third kappa shape index (κ3) is 4.85. The number of carbonyl (C=O) groups is 2. The Bertz CT molecular complexity index is 835. The number of aryl methyl sites for hydroxylation is 1. The Hall–Kier alpha value is -2.06. The monoisotopic (exact) mass is 402 g/mol. The molecule has 4 rings (SSSR count). The van der Waals surface area contributed by atoms with E-state index in [2.05, 4.69) is 34.9 Å². The maximum Gasteiger partial charge on any atom is 0.170 e. The third-order valence-corrected chi connectivity index (χ3v) is 7.01. The third-order valence-electron chi connectivity index (χ3n) is 5.31. The van der Waals surface area contributed by atoms with Crippen LogP contribution in [-0.4, -0.2) is 47.2 Å². The van der Waals surface area contributed by atoms with E-state index in [1.807, 2.05) is 4.68 Å². The van der Waals surface area contributed by atoms with E-state index >= 15 is 0 Å². The topological polar surface area (TPSA) is 89.9 Å². The number of aromatic amines is 1. The van der Waals surface area contributed by atoms with Gasteiger partial charge in [-0.25, -0.2) is 4.68 Å². The maximum atomic E-state index is 10.9. The molecule has 7 nitrogen and oxygen atoms in total. The lowest BCUT2D eigenvalue weighted by molar-refractivity contribution is 0.0762. The molecule has 8 heteroatoms. The first-order valence-electron chi connectivity index (χ1n) is 10.1. The molecule has 2 heterocycles. The summed E-state index contributed by atoms with van der Waals surface area (Å²) in [6, 6.07) is 1.16. The van der Waals surface area contributed by atoms with E-state index in [4.69, 9.17) is 4.74 Å². The van der Waals surface area contributed by atoms with E-state index in [1.54, 1.807) is 0 Å². The van der Waals surface area contributed by atoms with Gasteiger partial charge in [-0.2, -0.15) is 10.2 Å². The fourth-order valence-electron chi connectivity index (χ4n) is 3.71. The summed E-state index contributed by atoms with van der Waals surface area (Å²) in [4.78, 5) is 21.3. The fourth-order valence-corrected chi connectivity index (χ4v) is 4.47. The highest BCUT2D eigenvalue weighted by Gasteiger charge is 2.22. The number of aromatic nitrogens is 4. The summed E-state index contributed by atoms with van der Waals surface area (Å²) >= 11 is 0. The van der Waals surface area contributed by atoms with Crippen molar-refractivity contribution >= 4 is 20.6 Å². The first-order valence-corrected chi connectivity index (χ1v) is 13.8. The lowest BCUT2D eigenvalue weighted by atomic mass is 10.2. The van der Waals surface area contributed by atoms with Gasteiger partial charge in [0.1, 0.15) is 18.1 Å². The SMILES string of the molecule is C[Si](C)(C)CCOCn1nc(C=O)c2c1CCC2.O=Cc1n[nH]c2c1CCC2. The average Bonchev–Trinajstić information content (AvgIpc) is 3.39. The second-order valence-electron chi connectivity index (χ2n) is 8.67. The highest BCUT2D eigenvalue weighted by molar-refractivity contribution is 6.76. The summed E-state index contributed by atoms with van der Waals surface area (Å²) in [5, 5.41) is 11.0. The summed E-state index contributed by atoms with van der Waals surface area (Å²) in [6.45, 7) is 8.30. The Labute approximate surface area is 166 Å². The highest BCUT2D eigenvalue weighted by Crippen LogP contribution is 2.24. The molecule has 2 aliphatic rings. The van der Waals surface area contributed by atoms with Gasteiger partial charge in [-0.1, -0.05) is 19.6 Å². The van der Waals surface area contributed by atoms with Crippen LogP contribution in [0.5, 0.6) is 0 Å². The molecule has 0 amide bonds. The van der Waals surface area contributed by atoms with Gasteiger partial charge < -0.3 is 4.74 Å². The molecule has 0 atom stereocenters. The molecular weight excluding hydrogens is 372 g/mol. The Morgan fingerprint density at radius 1 is 1.04 bits per heavy atom. The van der Waals surface area contributed by atoms with Crippen LogP contribution in [0.2, 0.25) is 25.7 Å². The standard InChI is InChI=1S/C13H22N2O2Si.C7H8N2O/c1-18(2,3)8-7-17-10-15-13-6-4-5-11(13)12(9-16)14-15;10-4-7-5-2-1-3-6(5)8-9-7/h9H,4-8,10H2,1-3H3;4H,1-3H2,(H,8,9). The molecule has 0 fully saturated rings. The summed E-state index contributed by atoms with van der Waals surface area (Å²) in [5.41, 5.74) is 5.84. The van der Waals surface area contributed by atoms with E-state index in [9.17, 15) is 9.59 Å². The van der Waals surface area contributed by atoms with Crippen molar-refractivity contribution in [3.05, 3.63) is 33.9 Å². The summed E-state index contributed by atoms with van der Waals surface area (Å²) in [5.74, 6) is 0. The Morgan fingerprint density at radius 3 is 2.46 bits per heavy atom. The number of fused-ring (bicyclic) bond motifs is 2. The zero-order chi connectivity index (χ0) is 20.1. The highest BCUT2D eigenvalue weighted by atomic mass is 28.3. The average molecular weight is 403 g/mol. The zero-order valence-electron chi connectivity index (χ0n) is 17.1. The summed E-state index contributed by atoms with van der Waals surface area (Å²) in [7, 11) is -1.03. The van der Waals surface area contributed by atoms with Crippen molar-refractivity contribution in [1.29, 1.82) is 0 Å². The first-order chi connectivity index (χ1) is 13.4. The molecule has 0 aromatic carbocycles. The molecule has 0 aliphatic heterocycles. The van der Waals surface area contributed by atoms with Crippen molar-refractivity contribution in [3.63, 3.8) is 0 Å². The van der Waals surface area contributed by atoms with Gasteiger partial charge in [0.25, 0.3) is 0 Å². The first kappa shape index (κ1) is 20.7. The van der Waals surface area contributed by atoms with Crippen molar-refractivity contribution < 1.29 is 14.3 Å². The molecule has 152 valence electrons. The van der Waals surface area contributed by atoms with Gasteiger partial charge in [-0.05, 0) is 44.6 Å². The number of H-pyrrole nitrogens is 1. The van der Waals surface area contributed by atoms with Gasteiger partial charge in [0.05, 0.1) is 0 Å². The normalized spacial score (nSPS) is 15.0. The van der Waals surface area contributed by atoms with Crippen LogP contribution >= 0.6 is 0 Å². The molecule has 0 unspecified atom stereocenters. The van der Waals surface area contributed by atoms with Crippen LogP contribution in [-0.2, 0) is 37.2 Å². The molecule has 0 spiro atoms. The van der Waals surface area contributed by atoms with Gasteiger partial charge in [0.2, 0.25) is 0 Å². The number of hydrogen-bond donors (Lipinski definition) is 1. The van der Waals surface area contributed by atoms with Crippen LogP contribution in [0.15, 0.2) is 0 Å². The summed E-state index contributed by atoms with van der Waals surface area (Å²) < 4.78 is 7.57. The Kier molecular flexibility index (Phi) is 6.61. The van der Waals surface area contributed by atoms with Crippen LogP contribution in [0.25, 0.3) is 0 Å². The lowest BCUT2D eigenvalue weighted by Crippen LogP contribution is -2.22. The fraction of sp³-hybridized carbons (Fsp3) is 0.600. The van der Waals surface area contributed by atoms with E-state index < -0.39 is 8.07 Å². The predicted octanol–water partition coefficient (Wildman–Crippen LogP) is 3.21. The smallest absolute Gasteiger partial charge is 0.170 e. The zero-order valence-corrected chi connectivity index (χ0v) is 18.1. The molecule has 0 bridgehead atoms. The van der Waals surface area contributed by atoms with Crippen LogP contribution < -0.4 is 0 Å². The van der Waals surface area contributed by atoms with Gasteiger partial charge in [0.15, 0.2) is 12.6 Å². The molecular formula is C20H30N4O3Si. The number of carbonyl (C=O) groups excluding carboxylic acids is 2. The lowest BCUT2D eigenvalue weighted by Gasteiger charge is -2.15. The molecule has 1 N–H and O–H groups in total. The molecule has 0 saturated carbocycles. The molecule has 2 aliphatic carbocycles. The van der Waals surface area contributed by atoms with Crippen LogP contribution in [0.1, 0.15) is 56.3 Å². The quantitative estimate of drug-likeness (QED) is 0.436. The molecule has 0 saturated heterocycles. The minimum absolute atomic E-state index is 0.487. The maximum absolute atomic E-state index is 10.9. The van der Waals surface area contributed by atoms with Gasteiger partial charge in [0, 0.05) is 37.2 Å². The van der Waals surface area contributed by atoms with Crippen molar-refractivity contribution in [2.75, 3.05) is 6.61 Å².